The zero-order valence-electron chi connectivity index (χ0n) is 9.72. The Hall–Kier alpha value is -2.58. The van der Waals surface area contributed by atoms with Crippen LogP contribution in [0.4, 0.5) is 5.95 Å². The van der Waals surface area contributed by atoms with Crippen LogP contribution in [0, 0.1) is 0 Å². The van der Waals surface area contributed by atoms with Crippen LogP contribution in [0.2, 0.25) is 0 Å². The van der Waals surface area contributed by atoms with Crippen LogP contribution in [0.25, 0.3) is 11.2 Å². The third-order valence-corrected chi connectivity index (χ3v) is 2.53. The Morgan fingerprint density at radius 1 is 1.39 bits per heavy atom. The van der Waals surface area contributed by atoms with E-state index in [9.17, 15) is 14.4 Å². The van der Waals surface area contributed by atoms with Crippen molar-refractivity contribution in [2.24, 2.45) is 14.1 Å². The number of aliphatic carboxylic acids is 1. The lowest BCUT2D eigenvalue weighted by molar-refractivity contribution is -0.134. The van der Waals surface area contributed by atoms with Crippen LogP contribution in [-0.2, 0) is 18.9 Å². The van der Waals surface area contributed by atoms with Crippen LogP contribution in [0.1, 0.15) is 0 Å². The molecule has 0 saturated carbocycles. The SMILES string of the molecule is Cn1c(NCC(=O)O)nc2c1c(=O)[nH]c(=O)n2C. The van der Waals surface area contributed by atoms with Gasteiger partial charge in [-0.15, -0.1) is 0 Å². The normalized spacial score (nSPS) is 10.8. The van der Waals surface area contributed by atoms with Gasteiger partial charge in [-0.2, -0.15) is 4.98 Å². The number of H-pyrrole nitrogens is 1. The molecule has 0 bridgehead atoms. The number of aromatic amines is 1. The highest BCUT2D eigenvalue weighted by Crippen LogP contribution is 2.12. The summed E-state index contributed by atoms with van der Waals surface area (Å²) in [7, 11) is 3.02. The molecule has 0 aromatic carbocycles. The molecule has 0 atom stereocenters. The van der Waals surface area contributed by atoms with Crippen LogP contribution in [-0.4, -0.2) is 36.7 Å². The van der Waals surface area contributed by atoms with Crippen molar-refractivity contribution >= 4 is 23.1 Å². The molecule has 18 heavy (non-hydrogen) atoms. The minimum atomic E-state index is -1.05. The second-order valence-electron chi connectivity index (χ2n) is 3.73. The van der Waals surface area contributed by atoms with E-state index in [1.807, 2.05) is 0 Å². The van der Waals surface area contributed by atoms with Gasteiger partial charge in [-0.3, -0.25) is 19.1 Å². The Balaban J connectivity index is 2.66. The number of hydrogen-bond donors (Lipinski definition) is 3. The number of nitrogens with one attached hydrogen (secondary N) is 2. The number of carboxylic acid groups (broad SMARTS) is 1. The number of aryl methyl sites for hydroxylation is 2. The quantitative estimate of drug-likeness (QED) is 0.609. The summed E-state index contributed by atoms with van der Waals surface area (Å²) < 4.78 is 2.58. The molecule has 0 saturated heterocycles. The fourth-order valence-electron chi connectivity index (χ4n) is 1.62. The maximum absolute atomic E-state index is 11.7. The van der Waals surface area contributed by atoms with Crippen molar-refractivity contribution in [3.05, 3.63) is 20.8 Å². The van der Waals surface area contributed by atoms with Crippen LogP contribution < -0.4 is 16.6 Å². The smallest absolute Gasteiger partial charge is 0.329 e. The van der Waals surface area contributed by atoms with E-state index in [1.54, 1.807) is 7.05 Å². The summed E-state index contributed by atoms with van der Waals surface area (Å²) in [5.41, 5.74) is -0.744. The molecule has 2 aromatic heterocycles. The molecule has 2 rings (SSSR count). The Morgan fingerprint density at radius 3 is 2.67 bits per heavy atom. The molecular weight excluding hydrogens is 242 g/mol. The van der Waals surface area contributed by atoms with Crippen LogP contribution >= 0.6 is 0 Å². The van der Waals surface area contributed by atoms with E-state index in [0.717, 1.165) is 0 Å². The Bertz CT molecular complexity index is 738. The molecule has 96 valence electrons. The number of carbonyl (C=O) groups is 1. The minimum absolute atomic E-state index is 0.194. The first-order valence-corrected chi connectivity index (χ1v) is 5.03. The van der Waals surface area contributed by atoms with Gasteiger partial charge >= 0.3 is 11.7 Å². The van der Waals surface area contributed by atoms with Gasteiger partial charge in [0.15, 0.2) is 11.2 Å². The first-order chi connectivity index (χ1) is 8.41. The van der Waals surface area contributed by atoms with Gasteiger partial charge in [0.2, 0.25) is 5.95 Å². The third kappa shape index (κ3) is 1.75. The lowest BCUT2D eigenvalue weighted by atomic mass is 10.5. The number of aromatic nitrogens is 4. The summed E-state index contributed by atoms with van der Waals surface area (Å²) in [5, 5.41) is 11.1. The van der Waals surface area contributed by atoms with Gasteiger partial charge in [-0.1, -0.05) is 0 Å². The molecule has 2 heterocycles. The van der Waals surface area contributed by atoms with Crippen molar-refractivity contribution in [2.75, 3.05) is 11.9 Å². The number of imidazole rings is 1. The molecule has 0 unspecified atom stereocenters. The Labute approximate surface area is 99.7 Å². The van der Waals surface area contributed by atoms with E-state index in [1.165, 1.54) is 16.2 Å². The summed E-state index contributed by atoms with van der Waals surface area (Å²) >= 11 is 0. The zero-order valence-corrected chi connectivity index (χ0v) is 9.72. The highest BCUT2D eigenvalue weighted by Gasteiger charge is 2.14. The lowest BCUT2D eigenvalue weighted by Gasteiger charge is -2.01. The molecular formula is C9H11N5O4. The zero-order chi connectivity index (χ0) is 13.4. The maximum Gasteiger partial charge on any atom is 0.329 e. The van der Waals surface area contributed by atoms with Gasteiger partial charge in [0.05, 0.1) is 0 Å². The second kappa shape index (κ2) is 4.02. The summed E-state index contributed by atoms with van der Waals surface area (Å²) in [6.45, 7) is -0.330. The van der Waals surface area contributed by atoms with E-state index in [-0.39, 0.29) is 23.7 Å². The molecule has 0 fully saturated rings. The molecule has 0 radical (unpaired) electrons. The molecule has 0 aliphatic rings. The van der Waals surface area contributed by atoms with Gasteiger partial charge in [0.25, 0.3) is 5.56 Å². The fourth-order valence-corrected chi connectivity index (χ4v) is 1.62. The van der Waals surface area contributed by atoms with Crippen LogP contribution in [0.15, 0.2) is 9.59 Å². The largest absolute Gasteiger partial charge is 0.480 e. The molecule has 3 N–H and O–H groups in total. The van der Waals surface area contributed by atoms with Gasteiger partial charge in [-0.25, -0.2) is 4.79 Å². The highest BCUT2D eigenvalue weighted by atomic mass is 16.4. The van der Waals surface area contributed by atoms with E-state index in [4.69, 9.17) is 5.11 Å². The minimum Gasteiger partial charge on any atom is -0.480 e. The van der Waals surface area contributed by atoms with Crippen LogP contribution in [0.5, 0.6) is 0 Å². The molecule has 9 nitrogen and oxygen atoms in total. The lowest BCUT2D eigenvalue weighted by Crippen LogP contribution is -2.29. The Morgan fingerprint density at radius 2 is 2.06 bits per heavy atom. The summed E-state index contributed by atoms with van der Waals surface area (Å²) in [6.07, 6.45) is 0. The van der Waals surface area contributed by atoms with E-state index < -0.39 is 17.2 Å². The third-order valence-electron chi connectivity index (χ3n) is 2.53. The van der Waals surface area contributed by atoms with Crippen molar-refractivity contribution in [3.8, 4) is 0 Å². The summed E-state index contributed by atoms with van der Waals surface area (Å²) in [4.78, 5) is 39.7. The first-order valence-electron chi connectivity index (χ1n) is 5.03. The highest BCUT2D eigenvalue weighted by molar-refractivity contribution is 5.76. The van der Waals surface area contributed by atoms with Crippen LogP contribution in [0.3, 0.4) is 0 Å². The van der Waals surface area contributed by atoms with Crippen molar-refractivity contribution in [1.82, 2.24) is 19.1 Å². The topological polar surface area (TPSA) is 122 Å². The number of carboxylic acids is 1. The average Bonchev–Trinajstić information content (AvgIpc) is 2.61. The van der Waals surface area contributed by atoms with Crippen molar-refractivity contribution in [1.29, 1.82) is 0 Å². The fraction of sp³-hybridized carbons (Fsp3) is 0.333. The van der Waals surface area contributed by atoms with Gasteiger partial charge in [0, 0.05) is 14.1 Å². The molecule has 9 heteroatoms. The maximum atomic E-state index is 11.7. The van der Waals surface area contributed by atoms with Crippen molar-refractivity contribution < 1.29 is 9.90 Å². The van der Waals surface area contributed by atoms with Gasteiger partial charge in [-0.05, 0) is 0 Å². The van der Waals surface area contributed by atoms with E-state index >= 15 is 0 Å². The molecule has 0 amide bonds. The Kier molecular flexibility index (Phi) is 2.66. The van der Waals surface area contributed by atoms with E-state index in [2.05, 4.69) is 15.3 Å². The molecule has 0 aliphatic carbocycles. The number of fused-ring (bicyclic) bond motifs is 1. The summed E-state index contributed by atoms with van der Waals surface area (Å²) in [6, 6.07) is 0. The predicted octanol–water partition coefficient (Wildman–Crippen LogP) is -1.54. The standard InChI is InChI=1S/C9H11N5O4/c1-13-5-6(11-8(13)10-3-4(15)16)14(2)9(18)12-7(5)17/h3H2,1-2H3,(H,10,11)(H,15,16)(H,12,17,18). The average molecular weight is 253 g/mol. The molecule has 0 spiro atoms. The number of anilines is 1. The predicted molar refractivity (Wildman–Crippen MR) is 62.7 cm³/mol. The van der Waals surface area contributed by atoms with Gasteiger partial charge in [0.1, 0.15) is 6.54 Å². The number of rotatable bonds is 3. The number of hydrogen-bond acceptors (Lipinski definition) is 5. The van der Waals surface area contributed by atoms with E-state index in [0.29, 0.717) is 0 Å². The first kappa shape index (κ1) is 11.9. The second-order valence-corrected chi connectivity index (χ2v) is 3.73. The molecule has 0 aliphatic heterocycles. The molecule has 2 aromatic rings. The van der Waals surface area contributed by atoms with Crippen molar-refractivity contribution in [2.45, 2.75) is 0 Å². The number of nitrogens with zero attached hydrogens (tertiary/aromatic N) is 3. The summed E-state index contributed by atoms with van der Waals surface area (Å²) in [5.74, 6) is -0.844. The van der Waals surface area contributed by atoms with Crippen molar-refractivity contribution in [3.63, 3.8) is 0 Å². The monoisotopic (exact) mass is 253 g/mol. The van der Waals surface area contributed by atoms with Gasteiger partial charge < -0.3 is 15.0 Å².